The first-order chi connectivity index (χ1) is 10.3. The fourth-order valence-electron chi connectivity index (χ4n) is 1.61. The van der Waals surface area contributed by atoms with E-state index < -0.39 is 21.7 Å². The molecule has 3 N–H and O–H groups in total. The normalized spacial score (nSPS) is 11.0. The van der Waals surface area contributed by atoms with Crippen LogP contribution in [-0.4, -0.2) is 36.7 Å². The molecule has 1 heterocycles. The first kappa shape index (κ1) is 15.6. The molecular weight excluding hydrogens is 312 g/mol. The number of hydrogen-bond donors (Lipinski definition) is 3. The summed E-state index contributed by atoms with van der Waals surface area (Å²) >= 11 is 0. The Morgan fingerprint density at radius 1 is 1.27 bits per heavy atom. The van der Waals surface area contributed by atoms with Gasteiger partial charge in [0.25, 0.3) is 10.0 Å². The summed E-state index contributed by atoms with van der Waals surface area (Å²) in [6, 6.07) is 4.54. The Hall–Kier alpha value is -2.81. The highest BCUT2D eigenvalue weighted by atomic mass is 32.2. The van der Waals surface area contributed by atoms with Crippen molar-refractivity contribution in [1.82, 2.24) is 4.98 Å². The number of hydrogen-bond acceptors (Lipinski definition) is 6. The molecule has 1 aromatic heterocycles. The van der Waals surface area contributed by atoms with Gasteiger partial charge in [0.2, 0.25) is 0 Å². The Morgan fingerprint density at radius 2 is 2.00 bits per heavy atom. The summed E-state index contributed by atoms with van der Waals surface area (Å²) in [5, 5.41) is 18.5. The van der Waals surface area contributed by atoms with E-state index in [1.54, 1.807) is 0 Å². The van der Waals surface area contributed by atoms with Crippen LogP contribution in [0.2, 0.25) is 0 Å². The van der Waals surface area contributed by atoms with E-state index in [1.165, 1.54) is 25.4 Å². The molecule has 8 nitrogen and oxygen atoms in total. The molecule has 2 aromatic rings. The fourth-order valence-corrected chi connectivity index (χ4v) is 2.66. The maximum Gasteiger partial charge on any atom is 0.335 e. The summed E-state index contributed by atoms with van der Waals surface area (Å²) < 4.78 is 31.5. The van der Waals surface area contributed by atoms with Gasteiger partial charge in [0, 0.05) is 12.3 Å². The van der Waals surface area contributed by atoms with Gasteiger partial charge in [-0.25, -0.2) is 13.2 Å². The third-order valence-corrected chi connectivity index (χ3v) is 4.06. The quantitative estimate of drug-likeness (QED) is 0.707. The Balaban J connectivity index is 2.34. The number of nitrogens with one attached hydrogen (secondary N) is 1. The minimum atomic E-state index is -4.00. The molecule has 0 aliphatic rings. The van der Waals surface area contributed by atoms with Gasteiger partial charge in [-0.05, 0) is 18.2 Å². The van der Waals surface area contributed by atoms with Gasteiger partial charge in [-0.15, -0.1) is 0 Å². The van der Waals surface area contributed by atoms with Crippen molar-refractivity contribution in [3.8, 4) is 11.5 Å². The van der Waals surface area contributed by atoms with E-state index >= 15 is 0 Å². The number of aromatic nitrogens is 1. The lowest BCUT2D eigenvalue weighted by molar-refractivity contribution is 0.0696. The van der Waals surface area contributed by atoms with E-state index in [4.69, 9.17) is 9.84 Å². The molecule has 116 valence electrons. The van der Waals surface area contributed by atoms with Gasteiger partial charge < -0.3 is 14.9 Å². The van der Waals surface area contributed by atoms with Crippen molar-refractivity contribution in [3.63, 3.8) is 0 Å². The summed E-state index contributed by atoms with van der Waals surface area (Å²) in [5.74, 6) is -1.48. The lowest BCUT2D eigenvalue weighted by Gasteiger charge is -2.10. The number of phenols is 1. The van der Waals surface area contributed by atoms with E-state index in [9.17, 15) is 18.3 Å². The third kappa shape index (κ3) is 3.26. The van der Waals surface area contributed by atoms with Crippen LogP contribution >= 0.6 is 0 Å². The molecule has 0 spiro atoms. The van der Waals surface area contributed by atoms with Crippen molar-refractivity contribution in [2.45, 2.75) is 4.90 Å². The molecule has 0 aliphatic heterocycles. The molecule has 0 saturated heterocycles. The van der Waals surface area contributed by atoms with Gasteiger partial charge in [-0.2, -0.15) is 0 Å². The van der Waals surface area contributed by atoms with Crippen molar-refractivity contribution in [3.05, 3.63) is 42.2 Å². The average Bonchev–Trinajstić information content (AvgIpc) is 2.49. The van der Waals surface area contributed by atoms with Crippen LogP contribution in [0.5, 0.6) is 11.5 Å². The van der Waals surface area contributed by atoms with Gasteiger partial charge in [-0.3, -0.25) is 9.71 Å². The predicted molar refractivity (Wildman–Crippen MR) is 76.7 cm³/mol. The molecular formula is C13H12N2O6S. The first-order valence-electron chi connectivity index (χ1n) is 5.91. The number of sulfonamides is 1. The molecule has 2 rings (SSSR count). The topological polar surface area (TPSA) is 126 Å². The van der Waals surface area contributed by atoms with Crippen LogP contribution in [0.25, 0.3) is 0 Å². The Bertz CT molecular complexity index is 819. The number of anilines is 1. The third-order valence-electron chi connectivity index (χ3n) is 2.72. The van der Waals surface area contributed by atoms with Crippen LogP contribution in [0, 0.1) is 0 Å². The number of carboxylic acids is 1. The van der Waals surface area contributed by atoms with Crippen molar-refractivity contribution in [2.24, 2.45) is 0 Å². The van der Waals surface area contributed by atoms with Gasteiger partial charge in [-0.1, -0.05) is 0 Å². The number of nitrogens with zero attached hydrogens (tertiary/aromatic N) is 1. The van der Waals surface area contributed by atoms with Crippen LogP contribution in [0.1, 0.15) is 10.4 Å². The first-order valence-corrected chi connectivity index (χ1v) is 7.40. The lowest BCUT2D eigenvalue weighted by atomic mass is 10.2. The second kappa shape index (κ2) is 5.90. The molecule has 9 heteroatoms. The SMILES string of the molecule is COc1cncc(S(=O)(=O)Nc2ccc(C(=O)O)cc2O)c1. The van der Waals surface area contributed by atoms with Gasteiger partial charge in [0.1, 0.15) is 16.4 Å². The van der Waals surface area contributed by atoms with E-state index in [0.29, 0.717) is 0 Å². The number of carbonyl (C=O) groups is 1. The average molecular weight is 324 g/mol. The highest BCUT2D eigenvalue weighted by Gasteiger charge is 2.18. The number of ether oxygens (including phenoxy) is 1. The molecule has 0 bridgehead atoms. The van der Waals surface area contributed by atoms with E-state index in [2.05, 4.69) is 9.71 Å². The largest absolute Gasteiger partial charge is 0.506 e. The number of methoxy groups -OCH3 is 1. The molecule has 0 amide bonds. The van der Waals surface area contributed by atoms with Crippen molar-refractivity contribution in [1.29, 1.82) is 0 Å². The number of aromatic hydroxyl groups is 1. The molecule has 0 saturated carbocycles. The van der Waals surface area contributed by atoms with Crippen molar-refractivity contribution < 1.29 is 28.2 Å². The maximum atomic E-state index is 12.2. The number of benzene rings is 1. The number of rotatable bonds is 5. The Labute approximate surface area is 126 Å². The zero-order valence-corrected chi connectivity index (χ0v) is 12.2. The van der Waals surface area contributed by atoms with Crippen LogP contribution in [-0.2, 0) is 10.0 Å². The predicted octanol–water partition coefficient (Wildman–Crippen LogP) is 1.29. The Morgan fingerprint density at radius 3 is 2.59 bits per heavy atom. The minimum absolute atomic E-state index is 0.146. The molecule has 0 atom stereocenters. The highest BCUT2D eigenvalue weighted by Crippen LogP contribution is 2.27. The maximum absolute atomic E-state index is 12.2. The van der Waals surface area contributed by atoms with Gasteiger partial charge in [0.15, 0.2) is 0 Å². The van der Waals surface area contributed by atoms with Gasteiger partial charge in [0.05, 0.1) is 24.6 Å². The second-order valence-electron chi connectivity index (χ2n) is 4.20. The number of carboxylic acid groups (broad SMARTS) is 1. The zero-order valence-electron chi connectivity index (χ0n) is 11.3. The molecule has 0 radical (unpaired) electrons. The van der Waals surface area contributed by atoms with Crippen molar-refractivity contribution in [2.75, 3.05) is 11.8 Å². The second-order valence-corrected chi connectivity index (χ2v) is 5.89. The summed E-state index contributed by atoms with van der Waals surface area (Å²) in [7, 11) is -2.63. The molecule has 0 fully saturated rings. The van der Waals surface area contributed by atoms with E-state index in [0.717, 1.165) is 18.3 Å². The fraction of sp³-hybridized carbons (Fsp3) is 0.0769. The molecule has 22 heavy (non-hydrogen) atoms. The summed E-state index contributed by atoms with van der Waals surface area (Å²) in [6.45, 7) is 0. The lowest BCUT2D eigenvalue weighted by Crippen LogP contribution is -2.13. The highest BCUT2D eigenvalue weighted by molar-refractivity contribution is 7.92. The van der Waals surface area contributed by atoms with Crippen LogP contribution in [0.3, 0.4) is 0 Å². The smallest absolute Gasteiger partial charge is 0.335 e. The molecule has 0 unspecified atom stereocenters. The minimum Gasteiger partial charge on any atom is -0.506 e. The standard InChI is InChI=1S/C13H12N2O6S/c1-21-9-5-10(7-14-6-9)22(19,20)15-11-3-2-8(13(17)18)4-12(11)16/h2-7,15-16H,1H3,(H,17,18). The van der Waals surface area contributed by atoms with Gasteiger partial charge >= 0.3 is 5.97 Å². The summed E-state index contributed by atoms with van der Waals surface area (Å²) in [4.78, 5) is 14.3. The molecule has 1 aromatic carbocycles. The Kier molecular flexibility index (Phi) is 4.18. The molecule has 0 aliphatic carbocycles. The zero-order chi connectivity index (χ0) is 16.3. The van der Waals surface area contributed by atoms with Crippen LogP contribution in [0.15, 0.2) is 41.6 Å². The van der Waals surface area contributed by atoms with E-state index in [1.807, 2.05) is 0 Å². The number of pyridine rings is 1. The summed E-state index contributed by atoms with van der Waals surface area (Å²) in [6.07, 6.45) is 2.46. The van der Waals surface area contributed by atoms with Crippen LogP contribution in [0.4, 0.5) is 5.69 Å². The number of aromatic carboxylic acids is 1. The van der Waals surface area contributed by atoms with Crippen LogP contribution < -0.4 is 9.46 Å². The van der Waals surface area contributed by atoms with E-state index in [-0.39, 0.29) is 21.9 Å². The monoisotopic (exact) mass is 324 g/mol. The number of phenolic OH excluding ortho intramolecular Hbond substituents is 1. The summed E-state index contributed by atoms with van der Waals surface area (Å²) in [5.41, 5.74) is -0.309. The van der Waals surface area contributed by atoms with Crippen molar-refractivity contribution >= 4 is 21.7 Å².